The Bertz CT molecular complexity index is 528. The van der Waals surface area contributed by atoms with Gasteiger partial charge in [-0.25, -0.2) is 13.1 Å². The quantitative estimate of drug-likeness (QED) is 0.572. The van der Waals surface area contributed by atoms with Gasteiger partial charge in [0.2, 0.25) is 10.0 Å². The number of sulfonamides is 1. The molecule has 1 aromatic carbocycles. The summed E-state index contributed by atoms with van der Waals surface area (Å²) in [6, 6.07) is 3.06. The highest BCUT2D eigenvalue weighted by molar-refractivity contribution is 7.89. The summed E-state index contributed by atoms with van der Waals surface area (Å²) in [5.74, 6) is -0.302. The molecule has 9 heteroatoms. The summed E-state index contributed by atoms with van der Waals surface area (Å²) >= 11 is 0. The van der Waals surface area contributed by atoms with Gasteiger partial charge in [0, 0.05) is 6.54 Å². The van der Waals surface area contributed by atoms with Crippen LogP contribution < -0.4 is 10.5 Å². The minimum Gasteiger partial charge on any atom is -0.506 e. The van der Waals surface area contributed by atoms with Crippen molar-refractivity contribution in [1.82, 2.24) is 4.72 Å². The molecule has 1 rings (SSSR count). The van der Waals surface area contributed by atoms with Gasteiger partial charge < -0.3 is 10.8 Å². The fraction of sp³-hybridized carbons (Fsp3) is 0.333. The summed E-state index contributed by atoms with van der Waals surface area (Å²) < 4.78 is 60.5. The lowest BCUT2D eigenvalue weighted by molar-refractivity contribution is -0.132. The predicted molar refractivity (Wildman–Crippen MR) is 58.4 cm³/mol. The lowest BCUT2D eigenvalue weighted by atomic mass is 10.3. The molecule has 0 saturated carbocycles. The Labute approximate surface area is 101 Å². The molecule has 0 heterocycles. The van der Waals surface area contributed by atoms with Crippen LogP contribution in [0.4, 0.5) is 18.9 Å². The van der Waals surface area contributed by atoms with Gasteiger partial charge in [0.1, 0.15) is 5.75 Å². The van der Waals surface area contributed by atoms with Crippen LogP contribution in [0.15, 0.2) is 23.1 Å². The Morgan fingerprint density at radius 2 is 1.94 bits per heavy atom. The Morgan fingerprint density at radius 3 is 2.44 bits per heavy atom. The molecule has 0 aromatic heterocycles. The third-order valence-corrected chi connectivity index (χ3v) is 3.47. The van der Waals surface area contributed by atoms with Crippen molar-refractivity contribution in [3.05, 3.63) is 18.2 Å². The third kappa shape index (κ3) is 4.08. The average Bonchev–Trinajstić information content (AvgIpc) is 2.19. The summed E-state index contributed by atoms with van der Waals surface area (Å²) in [6.07, 6.45) is -5.70. The molecule has 0 bridgehead atoms. The molecule has 18 heavy (non-hydrogen) atoms. The van der Waals surface area contributed by atoms with Crippen molar-refractivity contribution in [2.75, 3.05) is 12.3 Å². The molecule has 0 radical (unpaired) electrons. The third-order valence-electron chi connectivity index (χ3n) is 2.01. The van der Waals surface area contributed by atoms with Crippen LogP contribution in [0.5, 0.6) is 5.75 Å². The first-order valence-electron chi connectivity index (χ1n) is 4.77. The molecule has 0 unspecified atom stereocenters. The number of hydrogen-bond acceptors (Lipinski definition) is 4. The van der Waals surface area contributed by atoms with Gasteiger partial charge in [0.05, 0.1) is 17.0 Å². The molecule has 0 atom stereocenters. The molecule has 0 spiro atoms. The smallest absolute Gasteiger partial charge is 0.390 e. The maximum atomic E-state index is 11.9. The van der Waals surface area contributed by atoms with Crippen LogP contribution in [0.25, 0.3) is 0 Å². The van der Waals surface area contributed by atoms with E-state index in [4.69, 9.17) is 10.8 Å². The number of nitrogen functional groups attached to an aromatic ring is 1. The fourth-order valence-corrected chi connectivity index (χ4v) is 2.18. The van der Waals surface area contributed by atoms with E-state index in [1.165, 1.54) is 0 Å². The van der Waals surface area contributed by atoms with E-state index in [2.05, 4.69) is 0 Å². The highest BCUT2D eigenvalue weighted by Gasteiger charge is 2.27. The molecule has 0 fully saturated rings. The van der Waals surface area contributed by atoms with E-state index >= 15 is 0 Å². The zero-order chi connectivity index (χ0) is 14.0. The summed E-state index contributed by atoms with van der Waals surface area (Å²) in [6.45, 7) is -0.757. The van der Waals surface area contributed by atoms with Gasteiger partial charge in [-0.05, 0) is 18.2 Å². The number of phenolic OH excluding ortho intramolecular Hbond substituents is 1. The van der Waals surface area contributed by atoms with E-state index in [1.807, 2.05) is 0 Å². The van der Waals surface area contributed by atoms with E-state index in [0.29, 0.717) is 0 Å². The van der Waals surface area contributed by atoms with E-state index < -0.39 is 29.2 Å². The first-order valence-corrected chi connectivity index (χ1v) is 6.25. The zero-order valence-corrected chi connectivity index (χ0v) is 9.85. The summed E-state index contributed by atoms with van der Waals surface area (Å²) in [7, 11) is -4.06. The minimum absolute atomic E-state index is 0.173. The normalized spacial score (nSPS) is 12.6. The van der Waals surface area contributed by atoms with Gasteiger partial charge in [0.25, 0.3) is 0 Å². The SMILES string of the molecule is Nc1cc(S(=O)(=O)NCCC(F)(F)F)ccc1O. The van der Waals surface area contributed by atoms with Crippen LogP contribution in [0.1, 0.15) is 6.42 Å². The fourth-order valence-electron chi connectivity index (χ4n) is 1.11. The number of nitrogens with one attached hydrogen (secondary N) is 1. The number of rotatable bonds is 4. The molecule has 0 aliphatic heterocycles. The Kier molecular flexibility index (Phi) is 4.07. The van der Waals surface area contributed by atoms with Crippen molar-refractivity contribution < 1.29 is 26.7 Å². The van der Waals surface area contributed by atoms with Crippen molar-refractivity contribution in [3.8, 4) is 5.75 Å². The molecule has 1 aromatic rings. The van der Waals surface area contributed by atoms with E-state index in [-0.39, 0.29) is 16.3 Å². The lowest BCUT2D eigenvalue weighted by Gasteiger charge is -2.09. The van der Waals surface area contributed by atoms with E-state index in [0.717, 1.165) is 18.2 Å². The van der Waals surface area contributed by atoms with Crippen molar-refractivity contribution in [2.24, 2.45) is 0 Å². The number of aromatic hydroxyl groups is 1. The Balaban J connectivity index is 2.77. The van der Waals surface area contributed by atoms with Crippen LogP contribution in [-0.2, 0) is 10.0 Å². The molecular weight excluding hydrogens is 273 g/mol. The van der Waals surface area contributed by atoms with Crippen molar-refractivity contribution in [1.29, 1.82) is 0 Å². The number of alkyl halides is 3. The van der Waals surface area contributed by atoms with Crippen molar-refractivity contribution in [3.63, 3.8) is 0 Å². The highest BCUT2D eigenvalue weighted by atomic mass is 32.2. The second-order valence-corrected chi connectivity index (χ2v) is 5.25. The largest absolute Gasteiger partial charge is 0.506 e. The second-order valence-electron chi connectivity index (χ2n) is 3.48. The molecule has 0 amide bonds. The van der Waals surface area contributed by atoms with Gasteiger partial charge in [-0.1, -0.05) is 0 Å². The molecule has 4 N–H and O–H groups in total. The van der Waals surface area contributed by atoms with Gasteiger partial charge in [-0.15, -0.1) is 0 Å². The zero-order valence-electron chi connectivity index (χ0n) is 9.03. The first kappa shape index (κ1) is 14.6. The maximum Gasteiger partial charge on any atom is 0.390 e. The summed E-state index contributed by atoms with van der Waals surface area (Å²) in [5.41, 5.74) is 5.12. The van der Waals surface area contributed by atoms with Gasteiger partial charge in [-0.2, -0.15) is 13.2 Å². The van der Waals surface area contributed by atoms with Gasteiger partial charge in [0.15, 0.2) is 0 Å². The van der Waals surface area contributed by atoms with Crippen LogP contribution in [0.2, 0.25) is 0 Å². The molecule has 5 nitrogen and oxygen atoms in total. The predicted octanol–water partition coefficient (Wildman–Crippen LogP) is 1.21. The monoisotopic (exact) mass is 284 g/mol. The molecule has 0 aliphatic carbocycles. The second kappa shape index (κ2) is 5.02. The molecular formula is C9H11F3N2O3S. The minimum atomic E-state index is -4.43. The number of benzene rings is 1. The number of nitrogens with two attached hydrogens (primary N) is 1. The number of phenols is 1. The Hall–Kier alpha value is -1.48. The first-order chi connectivity index (χ1) is 8.12. The van der Waals surface area contributed by atoms with Gasteiger partial charge in [-0.3, -0.25) is 0 Å². The van der Waals surface area contributed by atoms with Crippen LogP contribution >= 0.6 is 0 Å². The number of halogens is 3. The Morgan fingerprint density at radius 1 is 1.33 bits per heavy atom. The van der Waals surface area contributed by atoms with E-state index in [1.54, 1.807) is 4.72 Å². The molecule has 0 saturated heterocycles. The van der Waals surface area contributed by atoms with Crippen LogP contribution in [0, 0.1) is 0 Å². The maximum absolute atomic E-state index is 11.9. The van der Waals surface area contributed by atoms with Crippen LogP contribution in [0.3, 0.4) is 0 Å². The van der Waals surface area contributed by atoms with Gasteiger partial charge >= 0.3 is 6.18 Å². The summed E-state index contributed by atoms with van der Waals surface area (Å²) in [4.78, 5) is -0.306. The van der Waals surface area contributed by atoms with Crippen molar-refractivity contribution >= 4 is 15.7 Å². The number of anilines is 1. The van der Waals surface area contributed by atoms with Crippen molar-refractivity contribution in [2.45, 2.75) is 17.5 Å². The van der Waals surface area contributed by atoms with Crippen LogP contribution in [-0.4, -0.2) is 26.2 Å². The van der Waals surface area contributed by atoms with E-state index in [9.17, 15) is 21.6 Å². The highest BCUT2D eigenvalue weighted by Crippen LogP contribution is 2.23. The standard InChI is InChI=1S/C9H11F3N2O3S/c10-9(11,12)3-4-14-18(16,17)6-1-2-8(15)7(13)5-6/h1-2,5,14-15H,3-4,13H2. The molecule has 102 valence electrons. The number of hydrogen-bond donors (Lipinski definition) is 3. The molecule has 0 aliphatic rings. The lowest BCUT2D eigenvalue weighted by Crippen LogP contribution is -2.28. The topological polar surface area (TPSA) is 92.4 Å². The summed E-state index contributed by atoms with van der Waals surface area (Å²) in [5, 5.41) is 9.10. The average molecular weight is 284 g/mol.